The van der Waals surface area contributed by atoms with Crippen molar-refractivity contribution >= 4 is 26.9 Å². The molecule has 0 unspecified atom stereocenters. The molecule has 10 heteroatoms. The van der Waals surface area contributed by atoms with Crippen molar-refractivity contribution in [3.63, 3.8) is 0 Å². The second-order valence-corrected chi connectivity index (χ2v) is 13.2. The molecule has 1 amide bonds. The van der Waals surface area contributed by atoms with Gasteiger partial charge in [-0.1, -0.05) is 30.7 Å². The fourth-order valence-corrected chi connectivity index (χ4v) is 7.84. The van der Waals surface area contributed by atoms with E-state index >= 15 is 0 Å². The number of rotatable bonds is 21. The molecule has 0 saturated heterocycles. The van der Waals surface area contributed by atoms with Crippen molar-refractivity contribution in [3.05, 3.63) is 41.5 Å². The molecule has 1 aromatic carbocycles. The lowest BCUT2D eigenvalue weighted by atomic mass is 9.82. The van der Waals surface area contributed by atoms with Crippen molar-refractivity contribution < 1.29 is 37.1 Å². The number of amides is 1. The first-order valence-corrected chi connectivity index (χ1v) is 17.7. The highest BCUT2D eigenvalue weighted by Gasteiger charge is 2.39. The zero-order chi connectivity index (χ0) is 30.5. The van der Waals surface area contributed by atoms with Crippen LogP contribution in [0.4, 0.5) is 4.79 Å². The SMILES string of the molecule is CCO[Si](CCCNC(=O)OCCCCCCO[C@H]1CC[C@H](c2cccc(C=CC(=O)OC)c2)CC1)(OCC)OCC. The molecule has 0 spiro atoms. The van der Waals surface area contributed by atoms with Crippen molar-refractivity contribution in [1.82, 2.24) is 5.32 Å². The summed E-state index contributed by atoms with van der Waals surface area (Å²) in [7, 11) is -1.28. The van der Waals surface area contributed by atoms with Gasteiger partial charge in [0.2, 0.25) is 0 Å². The first-order valence-electron chi connectivity index (χ1n) is 15.7. The molecule has 9 nitrogen and oxygen atoms in total. The van der Waals surface area contributed by atoms with Gasteiger partial charge >= 0.3 is 20.9 Å². The van der Waals surface area contributed by atoms with Crippen molar-refractivity contribution in [2.75, 3.05) is 46.7 Å². The Morgan fingerprint density at radius 3 is 2.21 bits per heavy atom. The average molecular weight is 608 g/mol. The Balaban J connectivity index is 1.50. The number of carbonyl (C=O) groups excluding carboxylic acids is 2. The molecule has 0 bridgehead atoms. The summed E-state index contributed by atoms with van der Waals surface area (Å²) in [4.78, 5) is 23.4. The summed E-state index contributed by atoms with van der Waals surface area (Å²) in [6, 6.07) is 9.06. The first kappa shape index (κ1) is 36.0. The minimum atomic E-state index is -2.67. The first-order chi connectivity index (χ1) is 20.4. The summed E-state index contributed by atoms with van der Waals surface area (Å²) in [5, 5.41) is 2.81. The van der Waals surface area contributed by atoms with Gasteiger partial charge in [-0.3, -0.25) is 0 Å². The van der Waals surface area contributed by atoms with Crippen molar-refractivity contribution in [1.29, 1.82) is 0 Å². The number of ether oxygens (including phenoxy) is 3. The van der Waals surface area contributed by atoms with E-state index < -0.39 is 8.80 Å². The maximum Gasteiger partial charge on any atom is 0.500 e. The van der Waals surface area contributed by atoms with Gasteiger partial charge in [-0.25, -0.2) is 9.59 Å². The maximum atomic E-state index is 12.0. The minimum Gasteiger partial charge on any atom is -0.466 e. The zero-order valence-corrected chi connectivity index (χ0v) is 27.2. The smallest absolute Gasteiger partial charge is 0.466 e. The maximum absolute atomic E-state index is 12.0. The highest BCUT2D eigenvalue weighted by Crippen LogP contribution is 2.34. The van der Waals surface area contributed by atoms with Gasteiger partial charge in [0.15, 0.2) is 0 Å². The second kappa shape index (κ2) is 21.4. The number of nitrogens with one attached hydrogen (secondary N) is 1. The van der Waals surface area contributed by atoms with Crippen LogP contribution in [0.2, 0.25) is 6.04 Å². The summed E-state index contributed by atoms with van der Waals surface area (Å²) < 4.78 is 33.7. The summed E-state index contributed by atoms with van der Waals surface area (Å²) in [6.45, 7) is 9.15. The third kappa shape index (κ3) is 14.3. The highest BCUT2D eigenvalue weighted by atomic mass is 28.4. The van der Waals surface area contributed by atoms with Crippen LogP contribution in [0.3, 0.4) is 0 Å². The number of carbonyl (C=O) groups is 2. The average Bonchev–Trinajstić information content (AvgIpc) is 3.00. The fourth-order valence-electron chi connectivity index (χ4n) is 5.23. The van der Waals surface area contributed by atoms with E-state index in [4.69, 9.17) is 22.8 Å². The van der Waals surface area contributed by atoms with Crippen molar-refractivity contribution in [2.24, 2.45) is 0 Å². The second-order valence-electron chi connectivity index (χ2n) is 10.4. The van der Waals surface area contributed by atoms with Gasteiger partial charge in [0, 0.05) is 45.1 Å². The Bertz CT molecular complexity index is 903. The number of hydrogen-bond acceptors (Lipinski definition) is 8. The molecule has 0 aromatic heterocycles. The fraction of sp³-hybridized carbons (Fsp3) is 0.688. The van der Waals surface area contributed by atoms with Crippen LogP contribution in [-0.4, -0.2) is 73.7 Å². The summed E-state index contributed by atoms with van der Waals surface area (Å²) >= 11 is 0. The molecular weight excluding hydrogens is 554 g/mol. The van der Waals surface area contributed by atoms with Gasteiger partial charge in [0.05, 0.1) is 19.8 Å². The Kier molecular flexibility index (Phi) is 18.4. The number of methoxy groups -OCH3 is 1. The number of hydrogen-bond donors (Lipinski definition) is 1. The predicted molar refractivity (Wildman–Crippen MR) is 166 cm³/mol. The Morgan fingerprint density at radius 1 is 0.905 bits per heavy atom. The van der Waals surface area contributed by atoms with Crippen LogP contribution in [0.1, 0.15) is 95.6 Å². The molecular formula is C32H53NO8Si. The van der Waals surface area contributed by atoms with Crippen LogP contribution >= 0.6 is 0 Å². The van der Waals surface area contributed by atoms with Gasteiger partial charge in [-0.05, 0) is 95.3 Å². The van der Waals surface area contributed by atoms with Crippen LogP contribution in [0, 0.1) is 0 Å². The molecule has 0 radical (unpaired) electrons. The lowest BCUT2D eigenvalue weighted by molar-refractivity contribution is -0.134. The van der Waals surface area contributed by atoms with E-state index in [2.05, 4.69) is 28.3 Å². The highest BCUT2D eigenvalue weighted by molar-refractivity contribution is 6.60. The molecule has 2 rings (SSSR count). The largest absolute Gasteiger partial charge is 0.500 e. The zero-order valence-electron chi connectivity index (χ0n) is 26.2. The predicted octanol–water partition coefficient (Wildman–Crippen LogP) is 6.64. The minimum absolute atomic E-state index is 0.333. The topological polar surface area (TPSA) is 102 Å². The number of benzene rings is 1. The van der Waals surface area contributed by atoms with Gasteiger partial charge in [-0.15, -0.1) is 0 Å². The molecule has 0 aliphatic heterocycles. The van der Waals surface area contributed by atoms with Crippen LogP contribution in [0.25, 0.3) is 6.08 Å². The molecule has 1 aromatic rings. The number of alkyl carbamates (subject to hydrolysis) is 1. The summed E-state index contributed by atoms with van der Waals surface area (Å²) in [5.74, 6) is 0.188. The quantitative estimate of drug-likeness (QED) is 0.0718. The van der Waals surface area contributed by atoms with Crippen LogP contribution in [-0.2, 0) is 32.3 Å². The molecule has 1 saturated carbocycles. The monoisotopic (exact) mass is 607 g/mol. The normalized spacial score (nSPS) is 17.3. The van der Waals surface area contributed by atoms with Crippen LogP contribution < -0.4 is 5.32 Å². The van der Waals surface area contributed by atoms with Crippen LogP contribution in [0.15, 0.2) is 30.3 Å². The van der Waals surface area contributed by atoms with Crippen molar-refractivity contribution in [2.45, 2.75) is 96.6 Å². The van der Waals surface area contributed by atoms with Gasteiger partial charge in [0.25, 0.3) is 0 Å². The van der Waals surface area contributed by atoms with Crippen LogP contribution in [0.5, 0.6) is 0 Å². The summed E-state index contributed by atoms with van der Waals surface area (Å²) in [6.07, 6.45) is 12.2. The molecule has 0 heterocycles. The molecule has 1 aliphatic carbocycles. The Morgan fingerprint density at radius 2 is 1.57 bits per heavy atom. The molecule has 1 aliphatic rings. The van der Waals surface area contributed by atoms with E-state index in [0.717, 1.165) is 63.5 Å². The van der Waals surface area contributed by atoms with E-state index in [0.29, 0.717) is 57.5 Å². The Labute approximate surface area is 254 Å². The molecule has 42 heavy (non-hydrogen) atoms. The van der Waals surface area contributed by atoms with E-state index in [-0.39, 0.29) is 12.1 Å². The van der Waals surface area contributed by atoms with E-state index in [1.165, 1.54) is 18.7 Å². The van der Waals surface area contributed by atoms with Gasteiger partial charge < -0.3 is 32.8 Å². The van der Waals surface area contributed by atoms with E-state index in [1.807, 2.05) is 26.8 Å². The van der Waals surface area contributed by atoms with Crippen molar-refractivity contribution in [3.8, 4) is 0 Å². The Hall–Kier alpha value is -2.24. The third-order valence-electron chi connectivity index (χ3n) is 7.32. The third-order valence-corrected chi connectivity index (χ3v) is 10.5. The lowest BCUT2D eigenvalue weighted by Crippen LogP contribution is -2.46. The number of unbranched alkanes of at least 4 members (excludes halogenated alkanes) is 3. The van der Waals surface area contributed by atoms with E-state index in [1.54, 1.807) is 6.08 Å². The van der Waals surface area contributed by atoms with E-state index in [9.17, 15) is 9.59 Å². The number of esters is 1. The standard InChI is InChI=1S/C32H53NO8Si/c1-5-39-42(40-6-2,41-7-3)25-13-22-33-32(35)38-24-11-9-8-10-23-37-30-19-17-28(18-20-30)29-15-12-14-27(26-29)16-21-31(34)36-4/h12,14-16,21,26,28,30H,5-11,13,17-20,22-25H2,1-4H3,(H,33,35)/t28-,30-. The van der Waals surface area contributed by atoms with Gasteiger partial charge in [0.1, 0.15) is 0 Å². The molecule has 238 valence electrons. The molecule has 1 fully saturated rings. The lowest BCUT2D eigenvalue weighted by Gasteiger charge is -2.29. The molecule has 1 N–H and O–H groups in total. The molecule has 0 atom stereocenters. The summed E-state index contributed by atoms with van der Waals surface area (Å²) in [5.41, 5.74) is 2.34. The van der Waals surface area contributed by atoms with Gasteiger partial charge in [-0.2, -0.15) is 0 Å².